The van der Waals surface area contributed by atoms with Crippen LogP contribution in [-0.4, -0.2) is 11.5 Å². The Balaban J connectivity index is 1.91. The van der Waals surface area contributed by atoms with Gasteiger partial charge in [-0.25, -0.2) is 0 Å². The van der Waals surface area contributed by atoms with Crippen molar-refractivity contribution in [2.45, 2.75) is 12.6 Å². The number of non-ortho nitro benzene ring substituents is 1. The van der Waals surface area contributed by atoms with Crippen molar-refractivity contribution in [3.63, 3.8) is 0 Å². The highest BCUT2D eigenvalue weighted by molar-refractivity contribution is 9.10. The van der Waals surface area contributed by atoms with Crippen LogP contribution in [0.1, 0.15) is 17.2 Å². The van der Waals surface area contributed by atoms with E-state index in [1.54, 1.807) is 6.07 Å². The lowest BCUT2D eigenvalue weighted by Crippen LogP contribution is -2.23. The SMILES string of the molecule is O=[N+]([O-])c1ccc(Br)c(NC2COCc3ccccc32)c1. The number of hydrogen-bond acceptors (Lipinski definition) is 4. The van der Waals surface area contributed by atoms with Gasteiger partial charge in [-0.2, -0.15) is 0 Å². The average molecular weight is 349 g/mol. The summed E-state index contributed by atoms with van der Waals surface area (Å²) in [5.74, 6) is 0. The molecule has 0 saturated carbocycles. The Morgan fingerprint density at radius 3 is 2.90 bits per heavy atom. The number of anilines is 1. The van der Waals surface area contributed by atoms with Gasteiger partial charge in [0.15, 0.2) is 0 Å². The number of benzene rings is 2. The van der Waals surface area contributed by atoms with Gasteiger partial charge in [0.2, 0.25) is 0 Å². The van der Waals surface area contributed by atoms with E-state index in [2.05, 4.69) is 27.3 Å². The van der Waals surface area contributed by atoms with Crippen molar-refractivity contribution in [1.29, 1.82) is 0 Å². The molecule has 1 N–H and O–H groups in total. The molecule has 0 aromatic heterocycles. The van der Waals surface area contributed by atoms with Crippen molar-refractivity contribution < 1.29 is 9.66 Å². The predicted octanol–water partition coefficient (Wildman–Crippen LogP) is 4.04. The largest absolute Gasteiger partial charge is 0.375 e. The van der Waals surface area contributed by atoms with E-state index in [4.69, 9.17) is 4.74 Å². The molecule has 108 valence electrons. The van der Waals surface area contributed by atoms with Crippen LogP contribution in [0.2, 0.25) is 0 Å². The van der Waals surface area contributed by atoms with Crippen LogP contribution in [-0.2, 0) is 11.3 Å². The van der Waals surface area contributed by atoms with E-state index in [0.29, 0.717) is 18.9 Å². The van der Waals surface area contributed by atoms with Gasteiger partial charge in [-0.05, 0) is 33.1 Å². The monoisotopic (exact) mass is 348 g/mol. The molecular weight excluding hydrogens is 336 g/mol. The first-order valence-corrected chi connectivity index (χ1v) is 7.30. The van der Waals surface area contributed by atoms with E-state index in [-0.39, 0.29) is 11.7 Å². The average Bonchev–Trinajstić information content (AvgIpc) is 2.49. The fourth-order valence-electron chi connectivity index (χ4n) is 2.43. The van der Waals surface area contributed by atoms with E-state index in [1.165, 1.54) is 17.7 Å². The van der Waals surface area contributed by atoms with E-state index in [0.717, 1.165) is 10.0 Å². The summed E-state index contributed by atoms with van der Waals surface area (Å²) in [6, 6.07) is 12.7. The Morgan fingerprint density at radius 2 is 2.10 bits per heavy atom. The van der Waals surface area contributed by atoms with Crippen LogP contribution in [0.3, 0.4) is 0 Å². The van der Waals surface area contributed by atoms with Crippen molar-refractivity contribution in [2.24, 2.45) is 0 Å². The highest BCUT2D eigenvalue weighted by atomic mass is 79.9. The lowest BCUT2D eigenvalue weighted by molar-refractivity contribution is -0.384. The molecule has 0 bridgehead atoms. The zero-order valence-corrected chi connectivity index (χ0v) is 12.7. The summed E-state index contributed by atoms with van der Waals surface area (Å²) in [5, 5.41) is 14.2. The molecule has 2 aromatic carbocycles. The molecule has 5 nitrogen and oxygen atoms in total. The van der Waals surface area contributed by atoms with Crippen LogP contribution in [0.5, 0.6) is 0 Å². The van der Waals surface area contributed by atoms with Crippen molar-refractivity contribution in [3.05, 3.63) is 68.2 Å². The molecule has 1 heterocycles. The highest BCUT2D eigenvalue weighted by Crippen LogP contribution is 2.33. The topological polar surface area (TPSA) is 64.4 Å². The van der Waals surface area contributed by atoms with Crippen LogP contribution in [0, 0.1) is 10.1 Å². The summed E-state index contributed by atoms with van der Waals surface area (Å²) < 4.78 is 6.37. The molecule has 0 saturated heterocycles. The number of halogens is 1. The number of nitro groups is 1. The molecule has 3 rings (SSSR count). The standard InChI is InChI=1S/C15H13BrN2O3/c16-13-6-5-11(18(19)20)7-14(13)17-15-9-21-8-10-3-1-2-4-12(10)15/h1-7,15,17H,8-9H2. The van der Waals surface area contributed by atoms with Crippen LogP contribution in [0.25, 0.3) is 0 Å². The molecule has 2 aromatic rings. The van der Waals surface area contributed by atoms with Gasteiger partial charge in [0, 0.05) is 16.6 Å². The summed E-state index contributed by atoms with van der Waals surface area (Å²) >= 11 is 3.42. The van der Waals surface area contributed by atoms with E-state index < -0.39 is 4.92 Å². The molecule has 1 atom stereocenters. The summed E-state index contributed by atoms with van der Waals surface area (Å²) in [4.78, 5) is 10.5. The molecule has 0 amide bonds. The number of nitrogens with one attached hydrogen (secondary N) is 1. The molecule has 6 heteroatoms. The molecular formula is C15H13BrN2O3. The lowest BCUT2D eigenvalue weighted by atomic mass is 9.99. The summed E-state index contributed by atoms with van der Waals surface area (Å²) in [7, 11) is 0. The molecule has 1 aliphatic rings. The molecule has 0 fully saturated rings. The molecule has 0 spiro atoms. The number of hydrogen-bond donors (Lipinski definition) is 1. The second-order valence-corrected chi connectivity index (χ2v) is 5.69. The van der Waals surface area contributed by atoms with Crippen molar-refractivity contribution in [1.82, 2.24) is 0 Å². The molecule has 0 radical (unpaired) electrons. The lowest BCUT2D eigenvalue weighted by Gasteiger charge is -2.27. The predicted molar refractivity (Wildman–Crippen MR) is 83.3 cm³/mol. The smallest absolute Gasteiger partial charge is 0.271 e. The van der Waals surface area contributed by atoms with Crippen LogP contribution in [0.15, 0.2) is 46.9 Å². The number of rotatable bonds is 3. The highest BCUT2D eigenvalue weighted by Gasteiger charge is 2.21. The zero-order valence-electron chi connectivity index (χ0n) is 11.1. The first-order valence-electron chi connectivity index (χ1n) is 6.51. The van der Waals surface area contributed by atoms with Gasteiger partial charge in [0.05, 0.1) is 29.9 Å². The van der Waals surface area contributed by atoms with Gasteiger partial charge in [-0.1, -0.05) is 24.3 Å². The van der Waals surface area contributed by atoms with Crippen LogP contribution >= 0.6 is 15.9 Å². The maximum atomic E-state index is 10.9. The summed E-state index contributed by atoms with van der Waals surface area (Å²) in [5.41, 5.74) is 3.06. The first kappa shape index (κ1) is 14.0. The quantitative estimate of drug-likeness (QED) is 0.671. The Hall–Kier alpha value is -1.92. The third-order valence-corrected chi connectivity index (χ3v) is 4.15. The molecule has 0 aliphatic carbocycles. The third-order valence-electron chi connectivity index (χ3n) is 3.46. The Morgan fingerprint density at radius 1 is 1.29 bits per heavy atom. The first-order chi connectivity index (χ1) is 10.1. The van der Waals surface area contributed by atoms with E-state index in [9.17, 15) is 10.1 Å². The Kier molecular flexibility index (Phi) is 3.90. The second kappa shape index (κ2) is 5.83. The van der Waals surface area contributed by atoms with Crippen molar-refractivity contribution in [2.75, 3.05) is 11.9 Å². The van der Waals surface area contributed by atoms with Crippen molar-refractivity contribution >= 4 is 27.3 Å². The molecule has 21 heavy (non-hydrogen) atoms. The fraction of sp³-hybridized carbons (Fsp3) is 0.200. The second-order valence-electron chi connectivity index (χ2n) is 4.83. The van der Waals surface area contributed by atoms with Gasteiger partial charge in [-0.3, -0.25) is 10.1 Å². The summed E-state index contributed by atoms with van der Waals surface area (Å²) in [6.07, 6.45) is 0. The molecule has 1 unspecified atom stereocenters. The van der Waals surface area contributed by atoms with Crippen LogP contribution in [0.4, 0.5) is 11.4 Å². The van der Waals surface area contributed by atoms with Crippen molar-refractivity contribution in [3.8, 4) is 0 Å². The number of nitro benzene ring substituents is 1. The maximum absolute atomic E-state index is 10.9. The normalized spacial score (nSPS) is 17.1. The van der Waals surface area contributed by atoms with Gasteiger partial charge in [0.1, 0.15) is 0 Å². The van der Waals surface area contributed by atoms with Crippen LogP contribution < -0.4 is 5.32 Å². The van der Waals surface area contributed by atoms with E-state index >= 15 is 0 Å². The zero-order chi connectivity index (χ0) is 14.8. The van der Waals surface area contributed by atoms with Gasteiger partial charge in [0.25, 0.3) is 5.69 Å². The summed E-state index contributed by atoms with van der Waals surface area (Å²) in [6.45, 7) is 1.14. The maximum Gasteiger partial charge on any atom is 0.271 e. The minimum atomic E-state index is -0.400. The Labute approximate surface area is 130 Å². The van der Waals surface area contributed by atoms with Gasteiger partial charge in [-0.15, -0.1) is 0 Å². The van der Waals surface area contributed by atoms with Gasteiger partial charge < -0.3 is 10.1 Å². The fourth-order valence-corrected chi connectivity index (χ4v) is 2.79. The minimum Gasteiger partial charge on any atom is -0.375 e. The number of nitrogens with zero attached hydrogens (tertiary/aromatic N) is 1. The van der Waals surface area contributed by atoms with E-state index in [1.807, 2.05) is 18.2 Å². The number of fused-ring (bicyclic) bond motifs is 1. The third kappa shape index (κ3) is 2.91. The number of ether oxygens (including phenoxy) is 1. The Bertz CT molecular complexity index is 690. The van der Waals surface area contributed by atoms with Gasteiger partial charge >= 0.3 is 0 Å². The molecule has 1 aliphatic heterocycles. The minimum absolute atomic E-state index is 0.0201.